The summed E-state index contributed by atoms with van der Waals surface area (Å²) in [6, 6.07) is 7.86. The van der Waals surface area contributed by atoms with Crippen LogP contribution in [0.1, 0.15) is 30.4 Å². The molecule has 0 bridgehead atoms. The van der Waals surface area contributed by atoms with Crippen molar-refractivity contribution < 1.29 is 14.0 Å². The number of hydrogen-bond acceptors (Lipinski definition) is 5. The zero-order valence-electron chi connectivity index (χ0n) is 16.7. The molecule has 0 fully saturated rings. The molecule has 7 nitrogen and oxygen atoms in total. The molecule has 0 aliphatic rings. The first kappa shape index (κ1) is 20.8. The summed E-state index contributed by atoms with van der Waals surface area (Å²) < 4.78 is 16.0. The first-order chi connectivity index (χ1) is 13.1. The van der Waals surface area contributed by atoms with Crippen molar-refractivity contribution in [1.29, 1.82) is 0 Å². The summed E-state index contributed by atoms with van der Waals surface area (Å²) in [5.74, 6) is 2.42. The maximum absolute atomic E-state index is 5.75. The first-order valence-electron chi connectivity index (χ1n) is 9.33. The number of rotatable bonds is 10. The third kappa shape index (κ3) is 6.94. The lowest BCUT2D eigenvalue weighted by atomic mass is 10.1. The van der Waals surface area contributed by atoms with Gasteiger partial charge in [-0.1, -0.05) is 11.2 Å². The first-order valence-corrected chi connectivity index (χ1v) is 9.33. The van der Waals surface area contributed by atoms with E-state index in [4.69, 9.17) is 14.0 Å². The van der Waals surface area contributed by atoms with E-state index >= 15 is 0 Å². The third-order valence-electron chi connectivity index (χ3n) is 4.02. The van der Waals surface area contributed by atoms with Crippen LogP contribution < -0.4 is 15.4 Å². The molecule has 1 aromatic heterocycles. The maximum atomic E-state index is 5.75. The molecule has 0 radical (unpaired) electrons. The molecule has 2 rings (SSSR count). The van der Waals surface area contributed by atoms with Crippen LogP contribution in [0, 0.1) is 13.8 Å². The predicted octanol–water partition coefficient (Wildman–Crippen LogP) is 3.33. The molecule has 0 unspecified atom stereocenters. The third-order valence-corrected chi connectivity index (χ3v) is 4.02. The van der Waals surface area contributed by atoms with E-state index in [0.717, 1.165) is 53.8 Å². The van der Waals surface area contributed by atoms with Crippen LogP contribution in [-0.2, 0) is 11.2 Å². The van der Waals surface area contributed by atoms with Gasteiger partial charge in [-0.2, -0.15) is 0 Å². The summed E-state index contributed by atoms with van der Waals surface area (Å²) in [6.07, 6.45) is 1.65. The Kier molecular flexibility index (Phi) is 8.64. The molecule has 0 aliphatic carbocycles. The number of nitrogens with one attached hydrogen (secondary N) is 2. The van der Waals surface area contributed by atoms with Gasteiger partial charge >= 0.3 is 0 Å². The van der Waals surface area contributed by atoms with Crippen LogP contribution >= 0.6 is 0 Å². The highest BCUT2D eigenvalue weighted by Gasteiger charge is 2.08. The zero-order chi connectivity index (χ0) is 19.5. The number of aryl methyl sites for hydroxylation is 2. The van der Waals surface area contributed by atoms with Crippen molar-refractivity contribution in [2.75, 3.05) is 38.7 Å². The van der Waals surface area contributed by atoms with Crippen LogP contribution in [0.3, 0.4) is 0 Å². The normalized spacial score (nSPS) is 11.5. The number of guanidine groups is 1. The van der Waals surface area contributed by atoms with E-state index in [-0.39, 0.29) is 0 Å². The van der Waals surface area contributed by atoms with Crippen molar-refractivity contribution in [1.82, 2.24) is 10.5 Å². The summed E-state index contributed by atoms with van der Waals surface area (Å²) >= 11 is 0. The minimum Gasteiger partial charge on any atom is -0.493 e. The van der Waals surface area contributed by atoms with E-state index in [0.29, 0.717) is 19.8 Å². The smallest absolute Gasteiger partial charge is 0.195 e. The van der Waals surface area contributed by atoms with Crippen LogP contribution in [0.25, 0.3) is 0 Å². The second-order valence-electron chi connectivity index (χ2n) is 6.16. The maximum Gasteiger partial charge on any atom is 0.195 e. The molecule has 0 aliphatic heterocycles. The van der Waals surface area contributed by atoms with Crippen LogP contribution in [0.15, 0.2) is 33.8 Å². The fourth-order valence-corrected chi connectivity index (χ4v) is 2.64. The molecule has 27 heavy (non-hydrogen) atoms. The number of aromatic nitrogens is 1. The summed E-state index contributed by atoms with van der Waals surface area (Å²) in [4.78, 5) is 4.65. The Hall–Kier alpha value is -2.54. The lowest BCUT2D eigenvalue weighted by molar-refractivity contribution is 0.172. The molecule has 148 valence electrons. The lowest BCUT2D eigenvalue weighted by Gasteiger charge is -2.13. The van der Waals surface area contributed by atoms with Gasteiger partial charge in [0.1, 0.15) is 11.5 Å². The molecular formula is C20H30N4O3. The average Bonchev–Trinajstić information content (AvgIpc) is 2.98. The topological polar surface area (TPSA) is 80.9 Å². The van der Waals surface area contributed by atoms with Gasteiger partial charge in [-0.15, -0.1) is 0 Å². The van der Waals surface area contributed by atoms with Gasteiger partial charge in [0.25, 0.3) is 0 Å². The summed E-state index contributed by atoms with van der Waals surface area (Å²) in [6.45, 7) is 8.68. The zero-order valence-corrected chi connectivity index (χ0v) is 16.7. The quantitative estimate of drug-likeness (QED) is 0.377. The molecule has 1 aromatic carbocycles. The van der Waals surface area contributed by atoms with Gasteiger partial charge in [0, 0.05) is 50.5 Å². The van der Waals surface area contributed by atoms with Gasteiger partial charge in [-0.25, -0.2) is 0 Å². The standard InChI is InChI=1S/C20H30N4O3/c1-5-21-20(22-11-10-19-15(2)24-27-16(19)3)23-17-8-6-9-18(14-17)26-13-7-12-25-4/h6,8-9,14H,5,7,10-13H2,1-4H3,(H2,21,22,23). The highest BCUT2D eigenvalue weighted by atomic mass is 16.5. The fraction of sp³-hybridized carbons (Fsp3) is 0.500. The molecule has 7 heteroatoms. The minimum absolute atomic E-state index is 0.628. The Morgan fingerprint density at radius 1 is 1.26 bits per heavy atom. The summed E-state index contributed by atoms with van der Waals surface area (Å²) in [5, 5.41) is 10.6. The van der Waals surface area contributed by atoms with Gasteiger partial charge in [0.05, 0.1) is 12.3 Å². The highest BCUT2D eigenvalue weighted by Crippen LogP contribution is 2.17. The number of benzene rings is 1. The highest BCUT2D eigenvalue weighted by molar-refractivity contribution is 5.93. The monoisotopic (exact) mass is 374 g/mol. The Bertz CT molecular complexity index is 708. The SMILES string of the molecule is CCNC(=NCCc1c(C)noc1C)Nc1cccc(OCCCOC)c1. The van der Waals surface area contributed by atoms with Crippen molar-refractivity contribution in [3.8, 4) is 5.75 Å². The average molecular weight is 374 g/mol. The Morgan fingerprint density at radius 3 is 2.81 bits per heavy atom. The molecule has 2 aromatic rings. The fourth-order valence-electron chi connectivity index (χ4n) is 2.64. The van der Waals surface area contributed by atoms with Gasteiger partial charge in [0.15, 0.2) is 5.96 Å². The van der Waals surface area contributed by atoms with Gasteiger partial charge in [-0.05, 0) is 39.3 Å². The molecule has 0 spiro atoms. The van der Waals surface area contributed by atoms with Gasteiger partial charge < -0.3 is 24.6 Å². The molecule has 1 heterocycles. The lowest BCUT2D eigenvalue weighted by Crippen LogP contribution is -2.30. The van der Waals surface area contributed by atoms with E-state index < -0.39 is 0 Å². The van der Waals surface area contributed by atoms with Crippen LogP contribution in [-0.4, -0.2) is 44.5 Å². The Balaban J connectivity index is 1.94. The molecule has 2 N–H and O–H groups in total. The molecule has 0 saturated carbocycles. The van der Waals surface area contributed by atoms with E-state index in [1.54, 1.807) is 7.11 Å². The number of hydrogen-bond donors (Lipinski definition) is 2. The van der Waals surface area contributed by atoms with Gasteiger partial charge in [0.2, 0.25) is 0 Å². The molecule has 0 amide bonds. The number of nitrogens with zero attached hydrogens (tertiary/aromatic N) is 2. The van der Waals surface area contributed by atoms with E-state index in [1.807, 2.05) is 45.0 Å². The van der Waals surface area contributed by atoms with E-state index in [2.05, 4.69) is 20.8 Å². The molecule has 0 atom stereocenters. The largest absolute Gasteiger partial charge is 0.493 e. The van der Waals surface area contributed by atoms with Crippen molar-refractivity contribution >= 4 is 11.6 Å². The summed E-state index contributed by atoms with van der Waals surface area (Å²) in [5.41, 5.74) is 2.98. The number of methoxy groups -OCH3 is 1. The van der Waals surface area contributed by atoms with Crippen molar-refractivity contribution in [3.05, 3.63) is 41.3 Å². The van der Waals surface area contributed by atoms with Crippen LogP contribution in [0.5, 0.6) is 5.75 Å². The van der Waals surface area contributed by atoms with Gasteiger partial charge in [-0.3, -0.25) is 4.99 Å². The van der Waals surface area contributed by atoms with Crippen molar-refractivity contribution in [2.24, 2.45) is 4.99 Å². The van der Waals surface area contributed by atoms with Crippen molar-refractivity contribution in [2.45, 2.75) is 33.6 Å². The molecule has 0 saturated heterocycles. The van der Waals surface area contributed by atoms with E-state index in [9.17, 15) is 0 Å². The number of aliphatic imine (C=N–C) groups is 1. The minimum atomic E-state index is 0.628. The number of anilines is 1. The Morgan fingerprint density at radius 2 is 2.11 bits per heavy atom. The van der Waals surface area contributed by atoms with Crippen molar-refractivity contribution in [3.63, 3.8) is 0 Å². The van der Waals surface area contributed by atoms with Crippen LogP contribution in [0.2, 0.25) is 0 Å². The molecular weight excluding hydrogens is 344 g/mol. The van der Waals surface area contributed by atoms with Crippen LogP contribution in [0.4, 0.5) is 5.69 Å². The predicted molar refractivity (Wildman–Crippen MR) is 108 cm³/mol. The second-order valence-corrected chi connectivity index (χ2v) is 6.16. The van der Waals surface area contributed by atoms with E-state index in [1.165, 1.54) is 0 Å². The Labute approximate surface area is 161 Å². The second kappa shape index (κ2) is 11.2. The number of ether oxygens (including phenoxy) is 2. The summed E-state index contributed by atoms with van der Waals surface area (Å²) in [7, 11) is 1.69.